The zero-order valence-electron chi connectivity index (χ0n) is 13.5. The summed E-state index contributed by atoms with van der Waals surface area (Å²) in [6, 6.07) is 4.14. The van der Waals surface area contributed by atoms with E-state index in [4.69, 9.17) is 0 Å². The highest BCUT2D eigenvalue weighted by atomic mass is 32.1. The number of rotatable bonds is 4. The number of nitrogens with one attached hydrogen (secondary N) is 2. The second-order valence-electron chi connectivity index (χ2n) is 5.36. The molecule has 2 N–H and O–H groups in total. The molecule has 3 aromatic rings. The molecule has 23 heavy (non-hydrogen) atoms. The van der Waals surface area contributed by atoms with E-state index in [0.29, 0.717) is 13.1 Å². The van der Waals surface area contributed by atoms with Crippen LogP contribution < -0.4 is 10.6 Å². The number of fused-ring (bicyclic) bond motifs is 1. The van der Waals surface area contributed by atoms with E-state index in [0.717, 1.165) is 28.0 Å². The van der Waals surface area contributed by atoms with Crippen LogP contribution in [0, 0.1) is 13.8 Å². The summed E-state index contributed by atoms with van der Waals surface area (Å²) < 4.78 is 2.03. The SMILES string of the molecule is CN=C(NCc1cn2ccc(C)cc2n1)NCc1nc(C)cs1. The number of aromatic nitrogens is 3. The molecule has 0 aliphatic rings. The van der Waals surface area contributed by atoms with Crippen molar-refractivity contribution in [3.8, 4) is 0 Å². The molecule has 0 unspecified atom stereocenters. The van der Waals surface area contributed by atoms with Crippen molar-refractivity contribution < 1.29 is 0 Å². The molecule has 0 spiro atoms. The van der Waals surface area contributed by atoms with Crippen LogP contribution in [0.4, 0.5) is 0 Å². The minimum Gasteiger partial charge on any atom is -0.351 e. The summed E-state index contributed by atoms with van der Waals surface area (Å²) in [6.45, 7) is 5.36. The fraction of sp³-hybridized carbons (Fsp3) is 0.312. The maximum Gasteiger partial charge on any atom is 0.191 e. The van der Waals surface area contributed by atoms with Crippen LogP contribution in [0.3, 0.4) is 0 Å². The lowest BCUT2D eigenvalue weighted by molar-refractivity contribution is 0.794. The van der Waals surface area contributed by atoms with Gasteiger partial charge in [-0.3, -0.25) is 4.99 Å². The fourth-order valence-electron chi connectivity index (χ4n) is 2.26. The Bertz CT molecular complexity index is 832. The average molecular weight is 328 g/mol. The molecule has 0 aliphatic heterocycles. The van der Waals surface area contributed by atoms with Gasteiger partial charge in [0.15, 0.2) is 5.96 Å². The zero-order chi connectivity index (χ0) is 16.2. The van der Waals surface area contributed by atoms with E-state index in [1.54, 1.807) is 18.4 Å². The van der Waals surface area contributed by atoms with Gasteiger partial charge in [0, 0.05) is 30.5 Å². The first-order valence-corrected chi connectivity index (χ1v) is 8.32. The van der Waals surface area contributed by atoms with Crippen molar-refractivity contribution in [2.45, 2.75) is 26.9 Å². The molecule has 0 saturated heterocycles. The van der Waals surface area contributed by atoms with Gasteiger partial charge in [-0.1, -0.05) is 0 Å². The second kappa shape index (κ2) is 6.78. The molecule has 3 heterocycles. The molecule has 3 aromatic heterocycles. The number of imidazole rings is 1. The van der Waals surface area contributed by atoms with Crippen LogP contribution in [-0.4, -0.2) is 27.4 Å². The summed E-state index contributed by atoms with van der Waals surface area (Å²) >= 11 is 1.65. The largest absolute Gasteiger partial charge is 0.351 e. The van der Waals surface area contributed by atoms with Gasteiger partial charge in [-0.25, -0.2) is 9.97 Å². The summed E-state index contributed by atoms with van der Waals surface area (Å²) in [6.07, 6.45) is 4.05. The third-order valence-corrected chi connectivity index (χ3v) is 4.37. The van der Waals surface area contributed by atoms with Crippen LogP contribution in [0.1, 0.15) is 22.0 Å². The Hall–Kier alpha value is -2.41. The van der Waals surface area contributed by atoms with Gasteiger partial charge in [-0.2, -0.15) is 0 Å². The number of thiazole rings is 1. The van der Waals surface area contributed by atoms with Crippen LogP contribution >= 0.6 is 11.3 Å². The van der Waals surface area contributed by atoms with Crippen LogP contribution in [0.2, 0.25) is 0 Å². The topological polar surface area (TPSA) is 66.6 Å². The zero-order valence-corrected chi connectivity index (χ0v) is 14.3. The molecule has 0 amide bonds. The van der Waals surface area contributed by atoms with Gasteiger partial charge in [-0.05, 0) is 31.5 Å². The van der Waals surface area contributed by atoms with Crippen LogP contribution in [0.5, 0.6) is 0 Å². The lowest BCUT2D eigenvalue weighted by Gasteiger charge is -2.09. The Kier molecular flexibility index (Phi) is 4.57. The molecule has 6 nitrogen and oxygen atoms in total. The fourth-order valence-corrected chi connectivity index (χ4v) is 2.97. The maximum absolute atomic E-state index is 4.61. The van der Waals surface area contributed by atoms with Crippen molar-refractivity contribution in [2.24, 2.45) is 4.99 Å². The molecule has 0 radical (unpaired) electrons. The predicted molar refractivity (Wildman–Crippen MR) is 93.8 cm³/mol. The van der Waals surface area contributed by atoms with Gasteiger partial charge in [0.05, 0.1) is 18.8 Å². The molecule has 3 rings (SSSR count). The average Bonchev–Trinajstić information content (AvgIpc) is 3.12. The van der Waals surface area contributed by atoms with Crippen molar-refractivity contribution >= 4 is 22.9 Å². The van der Waals surface area contributed by atoms with E-state index in [1.807, 2.05) is 29.1 Å². The van der Waals surface area contributed by atoms with Gasteiger partial charge in [0.1, 0.15) is 10.7 Å². The Morgan fingerprint density at radius 1 is 1.26 bits per heavy atom. The number of pyridine rings is 1. The van der Waals surface area contributed by atoms with Crippen LogP contribution in [0.25, 0.3) is 5.65 Å². The van der Waals surface area contributed by atoms with Gasteiger partial charge in [0.2, 0.25) is 0 Å². The standard InChI is InChI=1S/C16H20N6S/c1-11-4-5-22-9-13(21-14(22)6-11)7-18-16(17-3)19-8-15-20-12(2)10-23-15/h4-6,9-10H,7-8H2,1-3H3,(H2,17,18,19). The van der Waals surface area contributed by atoms with E-state index < -0.39 is 0 Å². The summed E-state index contributed by atoms with van der Waals surface area (Å²) in [5, 5.41) is 9.64. The lowest BCUT2D eigenvalue weighted by atomic mass is 10.3. The molecular weight excluding hydrogens is 308 g/mol. The lowest BCUT2D eigenvalue weighted by Crippen LogP contribution is -2.36. The first-order valence-electron chi connectivity index (χ1n) is 7.44. The number of aliphatic imine (C=N–C) groups is 1. The van der Waals surface area contributed by atoms with E-state index in [-0.39, 0.29) is 0 Å². The van der Waals surface area contributed by atoms with E-state index >= 15 is 0 Å². The molecular formula is C16H20N6S. The van der Waals surface area contributed by atoms with Gasteiger partial charge in [-0.15, -0.1) is 11.3 Å². The number of hydrogen-bond acceptors (Lipinski definition) is 4. The molecule has 120 valence electrons. The highest BCUT2D eigenvalue weighted by Gasteiger charge is 2.04. The summed E-state index contributed by atoms with van der Waals surface area (Å²) in [4.78, 5) is 13.3. The Balaban J connectivity index is 1.58. The van der Waals surface area contributed by atoms with Crippen LogP contribution in [0.15, 0.2) is 34.9 Å². The molecule has 0 atom stereocenters. The predicted octanol–water partition coefficient (Wildman–Crippen LogP) is 2.27. The molecule has 0 aliphatic carbocycles. The van der Waals surface area contributed by atoms with Gasteiger partial charge < -0.3 is 15.0 Å². The molecule has 0 bridgehead atoms. The van der Waals surface area contributed by atoms with Crippen molar-refractivity contribution in [1.82, 2.24) is 25.0 Å². The number of hydrogen-bond donors (Lipinski definition) is 2. The monoisotopic (exact) mass is 328 g/mol. The third-order valence-electron chi connectivity index (χ3n) is 3.40. The summed E-state index contributed by atoms with van der Waals surface area (Å²) in [5.41, 5.74) is 4.19. The Morgan fingerprint density at radius 3 is 2.83 bits per heavy atom. The number of guanidine groups is 1. The minimum absolute atomic E-state index is 0.622. The Labute approximate surface area is 139 Å². The number of nitrogens with zero attached hydrogens (tertiary/aromatic N) is 4. The summed E-state index contributed by atoms with van der Waals surface area (Å²) in [7, 11) is 1.76. The van der Waals surface area contributed by atoms with Crippen molar-refractivity contribution in [3.05, 3.63) is 51.9 Å². The second-order valence-corrected chi connectivity index (χ2v) is 6.31. The van der Waals surface area contributed by atoms with Crippen molar-refractivity contribution in [1.29, 1.82) is 0 Å². The summed E-state index contributed by atoms with van der Waals surface area (Å²) in [5.74, 6) is 0.742. The maximum atomic E-state index is 4.61. The normalized spacial score (nSPS) is 11.9. The molecule has 0 aromatic carbocycles. The third kappa shape index (κ3) is 3.87. The smallest absolute Gasteiger partial charge is 0.191 e. The van der Waals surface area contributed by atoms with Crippen LogP contribution in [-0.2, 0) is 13.1 Å². The van der Waals surface area contributed by atoms with Crippen molar-refractivity contribution in [3.63, 3.8) is 0 Å². The Morgan fingerprint density at radius 2 is 2.09 bits per heavy atom. The number of aryl methyl sites for hydroxylation is 2. The van der Waals surface area contributed by atoms with Gasteiger partial charge in [0.25, 0.3) is 0 Å². The molecule has 0 saturated carbocycles. The molecule has 7 heteroatoms. The van der Waals surface area contributed by atoms with E-state index in [9.17, 15) is 0 Å². The van der Waals surface area contributed by atoms with Gasteiger partial charge >= 0.3 is 0 Å². The highest BCUT2D eigenvalue weighted by molar-refractivity contribution is 7.09. The first kappa shape index (κ1) is 15.5. The molecule has 0 fully saturated rings. The first-order chi connectivity index (χ1) is 11.1. The quantitative estimate of drug-likeness (QED) is 0.569. The minimum atomic E-state index is 0.622. The van der Waals surface area contributed by atoms with E-state index in [2.05, 4.69) is 44.7 Å². The highest BCUT2D eigenvalue weighted by Crippen LogP contribution is 2.08. The van der Waals surface area contributed by atoms with Crippen molar-refractivity contribution in [2.75, 3.05) is 7.05 Å². The van der Waals surface area contributed by atoms with E-state index in [1.165, 1.54) is 5.56 Å².